The third kappa shape index (κ3) is 9.13. The SMILES string of the molecule is CC1(C)C(=O)CCC(=O)C(C)(C)C(=O)CCC(=O)C(C)(C)C(=O)CCC(=O)C(C)(C)C(=O)CCC(=O)C(C)(C)C(=O)CCC1=O. The Bertz CT molecular complexity index is 981. The maximum absolute atomic E-state index is 13.0. The molecule has 10 heteroatoms. The molecule has 0 bridgehead atoms. The first-order valence-electron chi connectivity index (χ1n) is 15.6. The van der Waals surface area contributed by atoms with Crippen LogP contribution in [-0.2, 0) is 47.9 Å². The highest BCUT2D eigenvalue weighted by molar-refractivity contribution is 6.14. The summed E-state index contributed by atoms with van der Waals surface area (Å²) in [5.74, 6) is -5.38. The molecule has 0 heterocycles. The Labute approximate surface area is 266 Å². The van der Waals surface area contributed by atoms with Crippen LogP contribution in [0.5, 0.6) is 0 Å². The summed E-state index contributed by atoms with van der Waals surface area (Å²) < 4.78 is 0. The zero-order valence-electron chi connectivity index (χ0n) is 28.7. The topological polar surface area (TPSA) is 171 Å². The van der Waals surface area contributed by atoms with Gasteiger partial charge in [-0.1, -0.05) is 0 Å². The molecule has 0 radical (unpaired) electrons. The highest BCUT2D eigenvalue weighted by atomic mass is 16.2. The second kappa shape index (κ2) is 14.4. The van der Waals surface area contributed by atoms with Gasteiger partial charge in [0.25, 0.3) is 0 Å². The van der Waals surface area contributed by atoms with E-state index in [1.54, 1.807) is 0 Å². The van der Waals surface area contributed by atoms with Crippen LogP contribution in [0.3, 0.4) is 0 Å². The van der Waals surface area contributed by atoms with Crippen molar-refractivity contribution in [3.05, 3.63) is 0 Å². The van der Waals surface area contributed by atoms with Gasteiger partial charge in [0.2, 0.25) is 0 Å². The molecule has 0 atom stereocenters. The van der Waals surface area contributed by atoms with Crippen molar-refractivity contribution < 1.29 is 47.9 Å². The van der Waals surface area contributed by atoms with E-state index >= 15 is 0 Å². The van der Waals surface area contributed by atoms with Crippen LogP contribution in [-0.4, -0.2) is 57.8 Å². The molecular formula is C35H50O10. The molecule has 0 spiro atoms. The fourth-order valence-electron chi connectivity index (χ4n) is 5.04. The summed E-state index contributed by atoms with van der Waals surface area (Å²) in [7, 11) is 0. The van der Waals surface area contributed by atoms with Crippen LogP contribution in [0, 0.1) is 27.1 Å². The van der Waals surface area contributed by atoms with Crippen LogP contribution in [0.15, 0.2) is 0 Å². The fourth-order valence-corrected chi connectivity index (χ4v) is 5.04. The van der Waals surface area contributed by atoms with Crippen LogP contribution in [0.1, 0.15) is 133 Å². The molecule has 0 aromatic carbocycles. The van der Waals surface area contributed by atoms with Crippen molar-refractivity contribution in [2.24, 2.45) is 27.1 Å². The van der Waals surface area contributed by atoms with Gasteiger partial charge in [-0.2, -0.15) is 0 Å². The van der Waals surface area contributed by atoms with Crippen LogP contribution in [0.4, 0.5) is 0 Å². The monoisotopic (exact) mass is 630 g/mol. The van der Waals surface area contributed by atoms with Gasteiger partial charge < -0.3 is 0 Å². The van der Waals surface area contributed by atoms with Gasteiger partial charge in [0.1, 0.15) is 57.8 Å². The number of carbonyl (C=O) groups is 10. The van der Waals surface area contributed by atoms with E-state index in [1.807, 2.05) is 0 Å². The summed E-state index contributed by atoms with van der Waals surface area (Å²) in [5, 5.41) is 0. The van der Waals surface area contributed by atoms with Crippen molar-refractivity contribution in [1.29, 1.82) is 0 Å². The lowest BCUT2D eigenvalue weighted by molar-refractivity contribution is -0.145. The molecule has 1 aliphatic carbocycles. The minimum Gasteiger partial charge on any atom is -0.299 e. The third-order valence-electron chi connectivity index (χ3n) is 9.87. The quantitative estimate of drug-likeness (QED) is 0.341. The molecular weight excluding hydrogens is 580 g/mol. The summed E-state index contributed by atoms with van der Waals surface area (Å²) in [4.78, 5) is 130. The van der Waals surface area contributed by atoms with E-state index in [2.05, 4.69) is 0 Å². The number of hydrogen-bond donors (Lipinski definition) is 0. The van der Waals surface area contributed by atoms with Crippen molar-refractivity contribution in [2.75, 3.05) is 0 Å². The Hall–Kier alpha value is -3.30. The predicted molar refractivity (Wildman–Crippen MR) is 165 cm³/mol. The minimum atomic E-state index is -1.52. The molecule has 0 aromatic heterocycles. The van der Waals surface area contributed by atoms with Gasteiger partial charge in [-0.25, -0.2) is 0 Å². The van der Waals surface area contributed by atoms with Gasteiger partial charge in [0.15, 0.2) is 0 Å². The molecule has 0 aliphatic heterocycles. The van der Waals surface area contributed by atoms with Gasteiger partial charge in [-0.3, -0.25) is 47.9 Å². The summed E-state index contributed by atoms with van der Waals surface area (Å²) in [6, 6.07) is 0. The third-order valence-corrected chi connectivity index (χ3v) is 9.87. The number of hydrogen-bond acceptors (Lipinski definition) is 10. The van der Waals surface area contributed by atoms with E-state index < -0.39 is 84.9 Å². The van der Waals surface area contributed by atoms with Gasteiger partial charge in [-0.05, 0) is 69.2 Å². The molecule has 0 N–H and O–H groups in total. The molecule has 250 valence electrons. The van der Waals surface area contributed by atoms with Gasteiger partial charge in [0.05, 0.1) is 27.1 Å². The fraction of sp³-hybridized carbons (Fsp3) is 0.714. The lowest BCUT2D eigenvalue weighted by atomic mass is 9.74. The Morgan fingerprint density at radius 2 is 0.289 bits per heavy atom. The highest BCUT2D eigenvalue weighted by Gasteiger charge is 2.43. The summed E-state index contributed by atoms with van der Waals surface area (Å²) in [5.41, 5.74) is -7.62. The first kappa shape index (κ1) is 39.7. The van der Waals surface area contributed by atoms with Crippen LogP contribution in [0.2, 0.25) is 0 Å². The molecule has 1 rings (SSSR count). The van der Waals surface area contributed by atoms with Crippen molar-refractivity contribution in [1.82, 2.24) is 0 Å². The molecule has 10 nitrogen and oxygen atoms in total. The Balaban J connectivity index is 3.36. The molecule has 1 saturated carbocycles. The number of Topliss-reactive ketones (excluding diaryl/α,β-unsaturated/α-hetero) is 10. The maximum Gasteiger partial charge on any atom is 0.146 e. The Morgan fingerprint density at radius 1 is 0.222 bits per heavy atom. The van der Waals surface area contributed by atoms with E-state index in [-0.39, 0.29) is 64.2 Å². The molecule has 0 saturated heterocycles. The van der Waals surface area contributed by atoms with Gasteiger partial charge in [0, 0.05) is 64.2 Å². The molecule has 1 aliphatic rings. The standard InChI is InChI=1S/C35H50O10/c1-31(2)21(36)11-13-23(38)32(3,4)25(40)15-17-27(42)34(7,8)29(44)19-20-30(45)35(9,10)28(43)18-16-26(41)33(5,6)24(39)14-12-22(31)37/h11-20H2,1-10H3. The van der Waals surface area contributed by atoms with Crippen LogP contribution < -0.4 is 0 Å². The normalized spacial score (nSPS) is 25.1. The van der Waals surface area contributed by atoms with E-state index in [1.165, 1.54) is 69.2 Å². The van der Waals surface area contributed by atoms with Crippen LogP contribution >= 0.6 is 0 Å². The first-order valence-corrected chi connectivity index (χ1v) is 15.6. The lowest BCUT2D eigenvalue weighted by Crippen LogP contribution is -2.38. The smallest absolute Gasteiger partial charge is 0.146 e. The van der Waals surface area contributed by atoms with Gasteiger partial charge >= 0.3 is 0 Å². The average molecular weight is 631 g/mol. The number of carbonyl (C=O) groups excluding carboxylic acids is 10. The van der Waals surface area contributed by atoms with E-state index in [4.69, 9.17) is 0 Å². The average Bonchev–Trinajstić information content (AvgIpc) is 2.96. The lowest BCUT2D eigenvalue weighted by Gasteiger charge is -2.26. The van der Waals surface area contributed by atoms with Gasteiger partial charge in [-0.15, -0.1) is 0 Å². The van der Waals surface area contributed by atoms with Crippen molar-refractivity contribution in [2.45, 2.75) is 133 Å². The second-order valence-corrected chi connectivity index (χ2v) is 14.9. The summed E-state index contributed by atoms with van der Waals surface area (Å²) >= 11 is 0. The predicted octanol–water partition coefficient (Wildman–Crippen LogP) is 4.72. The number of rotatable bonds is 0. The van der Waals surface area contributed by atoms with E-state index in [9.17, 15) is 47.9 Å². The second-order valence-electron chi connectivity index (χ2n) is 14.9. The molecule has 0 aromatic rings. The minimum absolute atomic E-state index is 0.310. The molecule has 1 fully saturated rings. The summed E-state index contributed by atoms with van der Waals surface area (Å²) in [6.45, 7) is 14.0. The van der Waals surface area contributed by atoms with Crippen molar-refractivity contribution in [3.63, 3.8) is 0 Å². The largest absolute Gasteiger partial charge is 0.299 e. The van der Waals surface area contributed by atoms with Crippen molar-refractivity contribution in [3.8, 4) is 0 Å². The number of ketones is 10. The maximum atomic E-state index is 13.0. The zero-order chi connectivity index (χ0) is 35.3. The molecule has 45 heavy (non-hydrogen) atoms. The Kier molecular flexibility index (Phi) is 12.7. The van der Waals surface area contributed by atoms with Crippen LogP contribution in [0.25, 0.3) is 0 Å². The Morgan fingerprint density at radius 3 is 0.356 bits per heavy atom. The van der Waals surface area contributed by atoms with E-state index in [0.717, 1.165) is 0 Å². The zero-order valence-corrected chi connectivity index (χ0v) is 28.7. The van der Waals surface area contributed by atoms with Crippen molar-refractivity contribution >= 4 is 57.8 Å². The first-order chi connectivity index (χ1) is 20.2. The van der Waals surface area contributed by atoms with E-state index in [0.29, 0.717) is 0 Å². The highest BCUT2D eigenvalue weighted by Crippen LogP contribution is 2.32. The molecule has 0 amide bonds. The summed E-state index contributed by atoms with van der Waals surface area (Å²) in [6.07, 6.45) is -3.10. The molecule has 0 unspecified atom stereocenters.